The molecule has 14 heteroatoms. The SMILES string of the molecule is COC1=NC(C)=C(C(C)=O)C(c2c[c-]c(C)cc2)N1C(=O)Oc1ccc([N+](=O)[O-])cc1.[Y].[Y].[Y].[Y].[Y]. The molecule has 1 aliphatic rings. The summed E-state index contributed by atoms with van der Waals surface area (Å²) >= 11 is 0. The number of Topliss-reactive ketones (excluding diaryl/α,β-unsaturated/α-hetero) is 1. The Morgan fingerprint density at radius 2 is 1.61 bits per heavy atom. The second-order valence-electron chi connectivity index (χ2n) is 6.85. The number of rotatable bonds is 4. The van der Waals surface area contributed by atoms with Gasteiger partial charge in [0.25, 0.3) is 5.69 Å². The van der Waals surface area contributed by atoms with Crippen molar-refractivity contribution in [3.8, 4) is 5.75 Å². The van der Waals surface area contributed by atoms with Crippen LogP contribution in [0.2, 0.25) is 0 Å². The summed E-state index contributed by atoms with van der Waals surface area (Å²) in [4.78, 5) is 41.3. The molecule has 0 fully saturated rings. The molecule has 2 aromatic rings. The van der Waals surface area contributed by atoms with Crippen molar-refractivity contribution in [1.29, 1.82) is 0 Å². The Balaban J connectivity index is -0.00000218. The molecule has 1 atom stereocenters. The molecule has 1 unspecified atom stereocenters. The summed E-state index contributed by atoms with van der Waals surface area (Å²) in [5, 5.41) is 10.8. The summed E-state index contributed by atoms with van der Waals surface area (Å²) in [7, 11) is 1.36. The first-order valence-corrected chi connectivity index (χ1v) is 9.31. The first-order valence-electron chi connectivity index (χ1n) is 9.31. The fourth-order valence-electron chi connectivity index (χ4n) is 3.26. The molecule has 9 nitrogen and oxygen atoms in total. The van der Waals surface area contributed by atoms with Gasteiger partial charge in [0, 0.05) is 181 Å². The summed E-state index contributed by atoms with van der Waals surface area (Å²) in [6, 6.07) is 12.6. The number of hydrogen-bond acceptors (Lipinski definition) is 7. The molecule has 0 aliphatic carbocycles. The maximum atomic E-state index is 13.1. The van der Waals surface area contributed by atoms with Crippen LogP contribution in [-0.2, 0) is 173 Å². The van der Waals surface area contributed by atoms with E-state index in [9.17, 15) is 19.7 Å². The number of nitro benzene ring substituents is 1. The van der Waals surface area contributed by atoms with E-state index >= 15 is 0 Å². The Kier molecular flexibility index (Phi) is 22.8. The van der Waals surface area contributed by atoms with E-state index in [4.69, 9.17) is 9.47 Å². The number of ketones is 1. The molecule has 0 aromatic heterocycles. The average molecular weight is 867 g/mol. The van der Waals surface area contributed by atoms with Gasteiger partial charge in [-0.25, -0.2) is 14.7 Å². The van der Waals surface area contributed by atoms with Gasteiger partial charge in [-0.1, -0.05) is 6.92 Å². The zero-order valence-electron chi connectivity index (χ0n) is 20.3. The monoisotopic (exact) mass is 867 g/mol. The fraction of sp³-hybridized carbons (Fsp3) is 0.227. The first-order chi connectivity index (χ1) is 14.7. The number of non-ortho nitro benzene ring substituents is 1. The van der Waals surface area contributed by atoms with Crippen LogP contribution < -0.4 is 4.74 Å². The second-order valence-corrected chi connectivity index (χ2v) is 6.85. The van der Waals surface area contributed by atoms with Gasteiger partial charge in [0.2, 0.25) is 0 Å². The molecule has 0 saturated heterocycles. The molecule has 175 valence electrons. The molecule has 0 spiro atoms. The van der Waals surface area contributed by atoms with Gasteiger partial charge in [0.15, 0.2) is 5.78 Å². The Morgan fingerprint density at radius 1 is 1.03 bits per heavy atom. The van der Waals surface area contributed by atoms with Gasteiger partial charge in [-0.3, -0.25) is 14.9 Å². The normalized spacial score (nSPS) is 13.7. The van der Waals surface area contributed by atoms with E-state index in [1.165, 1.54) is 38.3 Å². The molecule has 1 aliphatic heterocycles. The number of ether oxygens (including phenoxy) is 2. The van der Waals surface area contributed by atoms with Gasteiger partial charge in [-0.2, -0.15) is 29.8 Å². The van der Waals surface area contributed by atoms with E-state index in [0.29, 0.717) is 16.8 Å². The van der Waals surface area contributed by atoms with Crippen molar-refractivity contribution in [2.24, 2.45) is 4.99 Å². The van der Waals surface area contributed by atoms with E-state index in [2.05, 4.69) is 11.1 Å². The molecule has 0 saturated carbocycles. The van der Waals surface area contributed by atoms with E-state index in [-0.39, 0.29) is 187 Å². The van der Waals surface area contributed by atoms with Crippen LogP contribution in [0, 0.1) is 23.1 Å². The zero-order valence-corrected chi connectivity index (χ0v) is 34.5. The molecule has 3 rings (SSSR count). The van der Waals surface area contributed by atoms with Crippen LogP contribution in [0.25, 0.3) is 0 Å². The number of allylic oxidation sites excluding steroid dienone is 1. The molecule has 1 heterocycles. The minimum atomic E-state index is -0.855. The number of benzene rings is 2. The van der Waals surface area contributed by atoms with E-state index in [1.54, 1.807) is 19.1 Å². The number of hydrogen-bond donors (Lipinski definition) is 0. The Hall–Kier alpha value is 1.51. The third-order valence-corrected chi connectivity index (χ3v) is 4.71. The van der Waals surface area contributed by atoms with Crippen LogP contribution in [0.3, 0.4) is 0 Å². The molecule has 2 aromatic carbocycles. The standard InChI is InChI=1S/C22H20N3O6.5Y/c1-13-5-7-16(8-6-13)20-19(15(3)26)14(2)23-21(30-4)24(20)22(27)31-18-11-9-17(10-12-18)25(28)29;;;;;/h5,7-12,20H,1-4H3;;;;;/q-1;;;;;. The third-order valence-electron chi connectivity index (χ3n) is 4.71. The van der Waals surface area contributed by atoms with Crippen LogP contribution in [0.4, 0.5) is 10.5 Å². The summed E-state index contributed by atoms with van der Waals surface area (Å²) < 4.78 is 10.7. The summed E-state index contributed by atoms with van der Waals surface area (Å²) in [6.07, 6.45) is -0.855. The van der Waals surface area contributed by atoms with Crippen LogP contribution in [0.1, 0.15) is 31.0 Å². The number of nitro groups is 1. The minimum Gasteiger partial charge on any atom is -0.468 e. The van der Waals surface area contributed by atoms with Crippen LogP contribution in [0.5, 0.6) is 5.75 Å². The number of amides is 1. The maximum absolute atomic E-state index is 13.1. The van der Waals surface area contributed by atoms with Crippen LogP contribution in [0.15, 0.2) is 58.7 Å². The molecular weight excluding hydrogens is 847 g/mol. The topological polar surface area (TPSA) is 111 Å². The van der Waals surface area contributed by atoms with Gasteiger partial charge in [-0.15, -0.1) is 5.56 Å². The number of carbonyl (C=O) groups excluding carboxylic acids is 2. The Bertz CT molecular complexity index is 1110. The Labute approximate surface area is 335 Å². The van der Waals surface area contributed by atoms with Crippen molar-refractivity contribution in [3.05, 3.63) is 81.0 Å². The van der Waals surface area contributed by atoms with Crippen molar-refractivity contribution in [1.82, 2.24) is 4.90 Å². The van der Waals surface area contributed by atoms with Gasteiger partial charge < -0.3 is 9.47 Å². The largest absolute Gasteiger partial charge is 0.468 e. The summed E-state index contributed by atoms with van der Waals surface area (Å²) in [5.41, 5.74) is 2.13. The Morgan fingerprint density at radius 3 is 2.06 bits per heavy atom. The molecule has 1 amide bonds. The predicted octanol–water partition coefficient (Wildman–Crippen LogP) is 4.11. The van der Waals surface area contributed by atoms with E-state index < -0.39 is 17.1 Å². The van der Waals surface area contributed by atoms with Crippen molar-refractivity contribution in [3.63, 3.8) is 0 Å². The fourth-order valence-corrected chi connectivity index (χ4v) is 3.26. The van der Waals surface area contributed by atoms with Crippen molar-refractivity contribution in [2.45, 2.75) is 26.8 Å². The van der Waals surface area contributed by atoms with Gasteiger partial charge in [0.05, 0.1) is 23.8 Å². The number of aryl methyl sites for hydroxylation is 1. The smallest absolute Gasteiger partial charge is 0.423 e. The zero-order chi connectivity index (χ0) is 22.7. The number of methoxy groups -OCH3 is 1. The minimum absolute atomic E-state index is 0. The van der Waals surface area contributed by atoms with E-state index in [1.807, 2.05) is 13.0 Å². The van der Waals surface area contributed by atoms with Crippen molar-refractivity contribution in [2.75, 3.05) is 7.11 Å². The van der Waals surface area contributed by atoms with Gasteiger partial charge in [-0.05, 0) is 26.0 Å². The van der Waals surface area contributed by atoms with Crippen molar-refractivity contribution >= 4 is 23.6 Å². The average Bonchev–Trinajstić information content (AvgIpc) is 2.73. The maximum Gasteiger partial charge on any atom is 0.423 e. The third kappa shape index (κ3) is 10.5. The van der Waals surface area contributed by atoms with Gasteiger partial charge >= 0.3 is 12.1 Å². The second kappa shape index (κ2) is 19.6. The van der Waals surface area contributed by atoms with Gasteiger partial charge in [0.1, 0.15) is 5.75 Å². The van der Waals surface area contributed by atoms with Crippen LogP contribution >= 0.6 is 0 Å². The molecule has 36 heavy (non-hydrogen) atoms. The molecule has 0 bridgehead atoms. The predicted molar refractivity (Wildman–Crippen MR) is 112 cm³/mol. The number of nitrogens with zero attached hydrogens (tertiary/aromatic N) is 3. The van der Waals surface area contributed by atoms with Crippen molar-refractivity contribution < 1.29 is 188 Å². The number of amidine groups is 1. The molecular formula is C22H20N3O6Y5-. The van der Waals surface area contributed by atoms with Crippen LogP contribution in [-0.4, -0.2) is 34.8 Å². The summed E-state index contributed by atoms with van der Waals surface area (Å²) in [6.45, 7) is 4.94. The first kappa shape index (κ1) is 42.0. The number of carbonyl (C=O) groups is 2. The molecule has 5 radical (unpaired) electrons. The number of aliphatic imine (C=N–C) groups is 1. The molecule has 0 N–H and O–H groups in total. The van der Waals surface area contributed by atoms with E-state index in [0.717, 1.165) is 10.5 Å². The summed E-state index contributed by atoms with van der Waals surface area (Å²) in [5.74, 6) is -0.161. The quantitative estimate of drug-likeness (QED) is 0.260.